The van der Waals surface area contributed by atoms with Crippen LogP contribution in [0.3, 0.4) is 0 Å². The number of hydrogen-bond donors (Lipinski definition) is 1. The van der Waals surface area contributed by atoms with Crippen molar-refractivity contribution in [2.45, 2.75) is 58.6 Å². The molecule has 0 saturated carbocycles. The van der Waals surface area contributed by atoms with Crippen molar-refractivity contribution < 1.29 is 9.53 Å². The molecule has 22 heavy (non-hydrogen) atoms. The normalized spacial score (nSPS) is 18.8. The molecule has 2 rings (SSSR count). The molecule has 6 nitrogen and oxygen atoms in total. The van der Waals surface area contributed by atoms with Crippen molar-refractivity contribution in [2.75, 3.05) is 19.6 Å². The molecule has 0 spiro atoms. The summed E-state index contributed by atoms with van der Waals surface area (Å²) >= 11 is 0. The molecule has 1 amide bonds. The lowest BCUT2D eigenvalue weighted by Gasteiger charge is -2.24. The van der Waals surface area contributed by atoms with Crippen molar-refractivity contribution in [3.63, 3.8) is 0 Å². The number of rotatable bonds is 4. The second-order valence-corrected chi connectivity index (χ2v) is 6.96. The maximum atomic E-state index is 12.1. The van der Waals surface area contributed by atoms with Gasteiger partial charge in [0.25, 0.3) is 0 Å². The minimum Gasteiger partial charge on any atom is -0.444 e. The van der Waals surface area contributed by atoms with Crippen LogP contribution in [-0.2, 0) is 11.2 Å². The Morgan fingerprint density at radius 3 is 2.86 bits per heavy atom. The summed E-state index contributed by atoms with van der Waals surface area (Å²) in [6.07, 6.45) is 4.55. The van der Waals surface area contributed by atoms with Crippen LogP contribution in [0.1, 0.15) is 50.9 Å². The molecular weight excluding hydrogens is 280 g/mol. The fourth-order valence-electron chi connectivity index (χ4n) is 2.80. The number of amides is 1. The van der Waals surface area contributed by atoms with E-state index in [9.17, 15) is 4.79 Å². The van der Waals surface area contributed by atoms with E-state index in [1.54, 1.807) is 4.90 Å². The zero-order chi connectivity index (χ0) is 16.3. The molecule has 0 aliphatic carbocycles. The molecule has 0 aromatic carbocycles. The van der Waals surface area contributed by atoms with Crippen LogP contribution >= 0.6 is 0 Å². The number of ether oxygens (including phenoxy) is 1. The third-order valence-electron chi connectivity index (χ3n) is 3.96. The highest BCUT2D eigenvalue weighted by Crippen LogP contribution is 2.25. The molecule has 6 heteroatoms. The topological polar surface area (TPSA) is 73.4 Å². The first-order valence-corrected chi connectivity index (χ1v) is 8.03. The number of carbonyl (C=O) groups excluding carboxylic acids is 1. The molecule has 1 atom stereocenters. The van der Waals surface area contributed by atoms with E-state index in [-0.39, 0.29) is 12.1 Å². The zero-order valence-electron chi connectivity index (χ0n) is 14.1. The highest BCUT2D eigenvalue weighted by atomic mass is 16.6. The van der Waals surface area contributed by atoms with E-state index in [4.69, 9.17) is 10.5 Å². The van der Waals surface area contributed by atoms with Gasteiger partial charge in [0.15, 0.2) is 0 Å². The zero-order valence-corrected chi connectivity index (χ0v) is 14.1. The van der Waals surface area contributed by atoms with Crippen molar-refractivity contribution in [3.05, 3.63) is 17.5 Å². The molecule has 124 valence electrons. The van der Waals surface area contributed by atoms with E-state index in [0.29, 0.717) is 13.1 Å². The molecule has 1 aromatic heterocycles. The third-order valence-corrected chi connectivity index (χ3v) is 3.96. The van der Waals surface area contributed by atoms with Gasteiger partial charge in [-0.15, -0.1) is 0 Å². The molecule has 1 fully saturated rings. The molecular formula is C16H28N4O2. The SMILES string of the molecule is Cc1c(CCCN)cnn1C1CCN(C(=O)OC(C)(C)C)C1. The van der Waals surface area contributed by atoms with Crippen LogP contribution in [0.4, 0.5) is 4.79 Å². The Kier molecular flexibility index (Phi) is 5.11. The highest BCUT2D eigenvalue weighted by molar-refractivity contribution is 5.68. The molecule has 1 aromatic rings. The van der Waals surface area contributed by atoms with Crippen LogP contribution in [-0.4, -0.2) is 46.0 Å². The summed E-state index contributed by atoms with van der Waals surface area (Å²) in [5.74, 6) is 0. The molecule has 1 unspecified atom stereocenters. The molecule has 0 radical (unpaired) electrons. The van der Waals surface area contributed by atoms with Gasteiger partial charge in [0.1, 0.15) is 5.60 Å². The number of nitrogens with two attached hydrogens (primary N) is 1. The average Bonchev–Trinajstić information content (AvgIpc) is 3.01. The number of carbonyl (C=O) groups is 1. The van der Waals surface area contributed by atoms with E-state index in [0.717, 1.165) is 25.8 Å². The van der Waals surface area contributed by atoms with Gasteiger partial charge >= 0.3 is 6.09 Å². The molecule has 1 saturated heterocycles. The van der Waals surface area contributed by atoms with E-state index in [1.165, 1.54) is 11.3 Å². The Balaban J connectivity index is 1.98. The minimum absolute atomic E-state index is 0.233. The van der Waals surface area contributed by atoms with Crippen LogP contribution in [0.5, 0.6) is 0 Å². The number of hydrogen-bond acceptors (Lipinski definition) is 4. The van der Waals surface area contributed by atoms with E-state index in [1.807, 2.05) is 27.0 Å². The average molecular weight is 308 g/mol. The summed E-state index contributed by atoms with van der Waals surface area (Å²) in [4.78, 5) is 13.9. The predicted octanol–water partition coefficient (Wildman–Crippen LogP) is 2.26. The summed E-state index contributed by atoms with van der Waals surface area (Å²) in [7, 11) is 0. The Morgan fingerprint density at radius 1 is 1.50 bits per heavy atom. The van der Waals surface area contributed by atoms with Gasteiger partial charge < -0.3 is 15.4 Å². The van der Waals surface area contributed by atoms with Crippen molar-refractivity contribution in [2.24, 2.45) is 5.73 Å². The Bertz CT molecular complexity index is 519. The summed E-state index contributed by atoms with van der Waals surface area (Å²) in [6.45, 7) is 9.83. The van der Waals surface area contributed by atoms with E-state index < -0.39 is 5.60 Å². The maximum absolute atomic E-state index is 12.1. The first kappa shape index (κ1) is 16.8. The molecule has 1 aliphatic heterocycles. The van der Waals surface area contributed by atoms with Gasteiger partial charge in [-0.3, -0.25) is 4.68 Å². The Morgan fingerprint density at radius 2 is 2.23 bits per heavy atom. The fourth-order valence-corrected chi connectivity index (χ4v) is 2.80. The van der Waals surface area contributed by atoms with Crippen molar-refractivity contribution in [1.82, 2.24) is 14.7 Å². The van der Waals surface area contributed by atoms with Crippen molar-refractivity contribution in [3.8, 4) is 0 Å². The second-order valence-electron chi connectivity index (χ2n) is 6.96. The van der Waals surface area contributed by atoms with Gasteiger partial charge in [0.05, 0.1) is 12.2 Å². The van der Waals surface area contributed by atoms with E-state index >= 15 is 0 Å². The quantitative estimate of drug-likeness (QED) is 0.926. The summed E-state index contributed by atoms with van der Waals surface area (Å²) in [6, 6.07) is 0.235. The number of likely N-dealkylation sites (tertiary alicyclic amines) is 1. The van der Waals surface area contributed by atoms with Gasteiger partial charge in [0.2, 0.25) is 0 Å². The van der Waals surface area contributed by atoms with Crippen LogP contribution in [0.25, 0.3) is 0 Å². The second kappa shape index (κ2) is 6.69. The lowest BCUT2D eigenvalue weighted by atomic mass is 10.1. The van der Waals surface area contributed by atoms with Gasteiger partial charge in [-0.05, 0) is 59.1 Å². The van der Waals surface area contributed by atoms with Gasteiger partial charge in [-0.1, -0.05) is 0 Å². The minimum atomic E-state index is -0.452. The Labute approximate surface area is 132 Å². The maximum Gasteiger partial charge on any atom is 0.410 e. The molecule has 2 N–H and O–H groups in total. The number of nitrogens with zero attached hydrogens (tertiary/aromatic N) is 3. The number of aromatic nitrogens is 2. The summed E-state index contributed by atoms with van der Waals surface area (Å²) in [5, 5.41) is 4.52. The van der Waals surface area contributed by atoms with Crippen LogP contribution < -0.4 is 5.73 Å². The Hall–Kier alpha value is -1.56. The van der Waals surface area contributed by atoms with Crippen LogP contribution in [0, 0.1) is 6.92 Å². The largest absolute Gasteiger partial charge is 0.444 e. The third kappa shape index (κ3) is 4.00. The van der Waals surface area contributed by atoms with E-state index in [2.05, 4.69) is 16.7 Å². The lowest BCUT2D eigenvalue weighted by Crippen LogP contribution is -2.35. The monoisotopic (exact) mass is 308 g/mol. The first-order valence-electron chi connectivity index (χ1n) is 8.03. The van der Waals surface area contributed by atoms with Crippen LogP contribution in [0.15, 0.2) is 6.20 Å². The van der Waals surface area contributed by atoms with Crippen LogP contribution in [0.2, 0.25) is 0 Å². The number of aryl methyl sites for hydroxylation is 1. The first-order chi connectivity index (χ1) is 10.3. The molecule has 0 bridgehead atoms. The van der Waals surface area contributed by atoms with Crippen molar-refractivity contribution in [1.29, 1.82) is 0 Å². The highest BCUT2D eigenvalue weighted by Gasteiger charge is 2.31. The fraction of sp³-hybridized carbons (Fsp3) is 0.750. The van der Waals surface area contributed by atoms with Crippen molar-refractivity contribution >= 4 is 6.09 Å². The predicted molar refractivity (Wildman–Crippen MR) is 85.8 cm³/mol. The summed E-state index contributed by atoms with van der Waals surface area (Å²) < 4.78 is 7.49. The standard InChI is InChI=1S/C16H28N4O2/c1-12-13(6-5-8-17)10-18-20(12)14-7-9-19(11-14)15(21)22-16(2,3)4/h10,14H,5-9,11,17H2,1-4H3. The smallest absolute Gasteiger partial charge is 0.410 e. The van der Waals surface area contributed by atoms with Gasteiger partial charge in [-0.25, -0.2) is 4.79 Å². The molecule has 1 aliphatic rings. The lowest BCUT2D eigenvalue weighted by molar-refractivity contribution is 0.0288. The molecule has 2 heterocycles. The van der Waals surface area contributed by atoms with Gasteiger partial charge in [-0.2, -0.15) is 5.10 Å². The summed E-state index contributed by atoms with van der Waals surface area (Å²) in [5.41, 5.74) is 7.56. The van der Waals surface area contributed by atoms with Gasteiger partial charge in [0, 0.05) is 18.8 Å².